The minimum atomic E-state index is 0.815. The first-order valence-electron chi connectivity index (χ1n) is 1.80. The van der Waals surface area contributed by atoms with E-state index in [2.05, 4.69) is 6.58 Å². The molecule has 1 rings (SSSR count). The van der Waals surface area contributed by atoms with Crippen LogP contribution in [0.2, 0.25) is 0 Å². The summed E-state index contributed by atoms with van der Waals surface area (Å²) in [7, 11) is 0. The van der Waals surface area contributed by atoms with Gasteiger partial charge in [0.15, 0.2) is 0 Å². The molecule has 1 aliphatic carbocycles. The van der Waals surface area contributed by atoms with Gasteiger partial charge in [-0.1, -0.05) is 25.3 Å². The SMILES string of the molecule is [CH]=C1C=CC1=C. The fourth-order valence-electron chi connectivity index (χ4n) is 0.297. The van der Waals surface area contributed by atoms with Gasteiger partial charge in [0.05, 0.1) is 0 Å². The number of allylic oxidation sites excluding steroid dienone is 4. The molecule has 1 aliphatic rings. The van der Waals surface area contributed by atoms with Crippen molar-refractivity contribution in [2.45, 2.75) is 0 Å². The summed E-state index contributed by atoms with van der Waals surface area (Å²) in [5.41, 5.74) is 1.77. The summed E-state index contributed by atoms with van der Waals surface area (Å²) >= 11 is 0. The summed E-state index contributed by atoms with van der Waals surface area (Å²) in [4.78, 5) is 0. The Labute approximate surface area is 37.5 Å². The molecule has 0 fully saturated rings. The lowest BCUT2D eigenvalue weighted by Gasteiger charge is -2.05. The molecule has 0 amide bonds. The Morgan fingerprint density at radius 2 is 2.00 bits per heavy atom. The van der Waals surface area contributed by atoms with Crippen LogP contribution in [-0.4, -0.2) is 0 Å². The average Bonchev–Trinajstić information content (AvgIpc) is 1.61. The van der Waals surface area contributed by atoms with Crippen molar-refractivity contribution in [2.24, 2.45) is 0 Å². The zero-order valence-electron chi connectivity index (χ0n) is 3.44. The zero-order valence-corrected chi connectivity index (χ0v) is 3.44. The summed E-state index contributed by atoms with van der Waals surface area (Å²) in [5, 5.41) is 0. The summed E-state index contributed by atoms with van der Waals surface area (Å²) in [5.74, 6) is 0. The monoisotopic (exact) mass is 77.0 g/mol. The van der Waals surface area contributed by atoms with Gasteiger partial charge < -0.3 is 0 Å². The van der Waals surface area contributed by atoms with Crippen LogP contribution >= 0.6 is 0 Å². The van der Waals surface area contributed by atoms with Crippen LogP contribution in [0.4, 0.5) is 0 Å². The van der Waals surface area contributed by atoms with Gasteiger partial charge >= 0.3 is 0 Å². The molecule has 0 aromatic carbocycles. The van der Waals surface area contributed by atoms with Crippen molar-refractivity contribution in [1.29, 1.82) is 0 Å². The topological polar surface area (TPSA) is 0 Å². The van der Waals surface area contributed by atoms with Gasteiger partial charge in [-0.2, -0.15) is 0 Å². The van der Waals surface area contributed by atoms with Crippen molar-refractivity contribution in [3.05, 3.63) is 36.5 Å². The fraction of sp³-hybridized carbons (Fsp3) is 0. The Balaban J connectivity index is 2.94. The molecule has 0 aromatic rings. The van der Waals surface area contributed by atoms with Gasteiger partial charge in [-0.3, -0.25) is 0 Å². The third-order valence-electron chi connectivity index (χ3n) is 0.835. The van der Waals surface area contributed by atoms with Gasteiger partial charge in [0.25, 0.3) is 0 Å². The molecule has 1 radical (unpaired) electrons. The van der Waals surface area contributed by atoms with Gasteiger partial charge in [0, 0.05) is 0 Å². The van der Waals surface area contributed by atoms with Gasteiger partial charge in [-0.15, -0.1) is 0 Å². The number of rotatable bonds is 0. The Morgan fingerprint density at radius 3 is 2.00 bits per heavy atom. The molecule has 0 atom stereocenters. The number of hydrogen-bond donors (Lipinski definition) is 0. The van der Waals surface area contributed by atoms with Gasteiger partial charge in [-0.25, -0.2) is 0 Å². The lowest BCUT2D eigenvalue weighted by atomic mass is 10.00. The molecule has 29 valence electrons. The molecule has 6 heavy (non-hydrogen) atoms. The van der Waals surface area contributed by atoms with Crippen LogP contribution in [-0.2, 0) is 0 Å². The van der Waals surface area contributed by atoms with E-state index in [1.165, 1.54) is 0 Å². The first-order chi connectivity index (χ1) is 2.80. The zero-order chi connectivity index (χ0) is 4.57. The van der Waals surface area contributed by atoms with E-state index in [-0.39, 0.29) is 0 Å². The van der Waals surface area contributed by atoms with Crippen LogP contribution in [0.1, 0.15) is 0 Å². The number of hydrogen-bond acceptors (Lipinski definition) is 0. The first kappa shape index (κ1) is 3.41. The largest absolute Gasteiger partial charge is 0.0912 e. The second-order valence-corrected chi connectivity index (χ2v) is 1.31. The smallest absolute Gasteiger partial charge is 0.0190 e. The van der Waals surface area contributed by atoms with E-state index in [9.17, 15) is 0 Å². The van der Waals surface area contributed by atoms with Crippen LogP contribution in [0.25, 0.3) is 0 Å². The van der Waals surface area contributed by atoms with E-state index < -0.39 is 0 Å². The van der Waals surface area contributed by atoms with Crippen LogP contribution < -0.4 is 0 Å². The molecule has 0 heterocycles. The maximum atomic E-state index is 5.25. The molecule has 0 aliphatic heterocycles. The van der Waals surface area contributed by atoms with Crippen molar-refractivity contribution in [1.82, 2.24) is 0 Å². The highest BCUT2D eigenvalue weighted by atomic mass is 14.0. The molecular formula is C6H5. The molecule has 0 unspecified atom stereocenters. The normalized spacial score (nSPS) is 18.0. The lowest BCUT2D eigenvalue weighted by Crippen LogP contribution is -1.86. The second-order valence-electron chi connectivity index (χ2n) is 1.31. The molecule has 0 saturated carbocycles. The van der Waals surface area contributed by atoms with Crippen molar-refractivity contribution >= 4 is 0 Å². The molecule has 0 heteroatoms. The third kappa shape index (κ3) is 0.235. The van der Waals surface area contributed by atoms with Crippen molar-refractivity contribution in [3.8, 4) is 0 Å². The molecule has 0 bridgehead atoms. The Hall–Kier alpha value is -0.780. The van der Waals surface area contributed by atoms with Crippen LogP contribution in [0.3, 0.4) is 0 Å². The van der Waals surface area contributed by atoms with E-state index in [1.54, 1.807) is 0 Å². The molecule has 0 spiro atoms. The van der Waals surface area contributed by atoms with E-state index >= 15 is 0 Å². The fourth-order valence-corrected chi connectivity index (χ4v) is 0.297. The summed E-state index contributed by atoms with van der Waals surface area (Å²) in [6.07, 6.45) is 3.72. The third-order valence-corrected chi connectivity index (χ3v) is 0.835. The van der Waals surface area contributed by atoms with E-state index in [1.807, 2.05) is 12.2 Å². The standard InChI is InChI=1S/C6H5/c1-5-3-4-6(5)2/h1,3-4H,2H2. The van der Waals surface area contributed by atoms with Gasteiger partial charge in [0.2, 0.25) is 0 Å². The quantitative estimate of drug-likeness (QED) is 0.410. The van der Waals surface area contributed by atoms with Crippen LogP contribution in [0, 0.1) is 6.58 Å². The first-order valence-corrected chi connectivity index (χ1v) is 1.80. The Morgan fingerprint density at radius 1 is 1.50 bits per heavy atom. The van der Waals surface area contributed by atoms with E-state index in [0.29, 0.717) is 0 Å². The highest BCUT2D eigenvalue weighted by molar-refractivity contribution is 5.52. The van der Waals surface area contributed by atoms with Crippen LogP contribution in [0.15, 0.2) is 29.9 Å². The predicted octanol–water partition coefficient (Wildman–Crippen LogP) is 1.47. The Bertz CT molecular complexity index is 111. The van der Waals surface area contributed by atoms with Crippen molar-refractivity contribution in [2.75, 3.05) is 0 Å². The molecule has 0 saturated heterocycles. The van der Waals surface area contributed by atoms with Gasteiger partial charge in [-0.05, 0) is 11.1 Å². The second kappa shape index (κ2) is 0.839. The predicted molar refractivity (Wildman–Crippen MR) is 26.1 cm³/mol. The summed E-state index contributed by atoms with van der Waals surface area (Å²) in [6.45, 7) is 8.84. The Kier molecular flexibility index (Phi) is 0.477. The summed E-state index contributed by atoms with van der Waals surface area (Å²) in [6, 6.07) is 0. The minimum Gasteiger partial charge on any atom is -0.0912 e. The van der Waals surface area contributed by atoms with Crippen molar-refractivity contribution in [3.63, 3.8) is 0 Å². The maximum Gasteiger partial charge on any atom is -0.0190 e. The highest BCUT2D eigenvalue weighted by Gasteiger charge is 1.98. The summed E-state index contributed by atoms with van der Waals surface area (Å²) < 4.78 is 0. The molecular weight excluding hydrogens is 72.1 g/mol. The van der Waals surface area contributed by atoms with Crippen LogP contribution in [0.5, 0.6) is 0 Å². The molecule has 0 aromatic heterocycles. The van der Waals surface area contributed by atoms with Crippen molar-refractivity contribution < 1.29 is 0 Å². The molecule has 0 N–H and O–H groups in total. The van der Waals surface area contributed by atoms with E-state index in [4.69, 9.17) is 6.58 Å². The highest BCUT2D eigenvalue weighted by Crippen LogP contribution is 2.17. The maximum absolute atomic E-state index is 5.25. The lowest BCUT2D eigenvalue weighted by molar-refractivity contribution is 1.49. The molecule has 0 nitrogen and oxygen atoms in total. The van der Waals surface area contributed by atoms with E-state index in [0.717, 1.165) is 11.1 Å². The van der Waals surface area contributed by atoms with Gasteiger partial charge in [0.1, 0.15) is 0 Å². The average molecular weight is 77.1 g/mol. The minimum absolute atomic E-state index is 0.815.